The maximum absolute atomic E-state index is 11.7. The van der Waals surface area contributed by atoms with E-state index < -0.39 is 0 Å². The fraction of sp³-hybridized carbons (Fsp3) is 0.357. The summed E-state index contributed by atoms with van der Waals surface area (Å²) < 4.78 is 4.37. The third-order valence-electron chi connectivity index (χ3n) is 2.81. The van der Waals surface area contributed by atoms with E-state index in [1.54, 1.807) is 0 Å². The fourth-order valence-electron chi connectivity index (χ4n) is 1.79. The van der Waals surface area contributed by atoms with Crippen LogP contribution in [0.3, 0.4) is 0 Å². The first-order valence-corrected chi connectivity index (χ1v) is 7.42. The Morgan fingerprint density at radius 1 is 1.30 bits per heavy atom. The molecule has 0 atom stereocenters. The van der Waals surface area contributed by atoms with Crippen LogP contribution in [-0.2, 0) is 4.79 Å². The van der Waals surface area contributed by atoms with Crippen molar-refractivity contribution in [2.45, 2.75) is 13.8 Å². The second-order valence-corrected chi connectivity index (χ2v) is 4.96. The molecule has 106 valence electrons. The second kappa shape index (κ2) is 7.00. The van der Waals surface area contributed by atoms with Gasteiger partial charge in [0.2, 0.25) is 11.0 Å². The van der Waals surface area contributed by atoms with Crippen LogP contribution in [0.5, 0.6) is 0 Å². The van der Waals surface area contributed by atoms with Crippen molar-refractivity contribution in [1.29, 1.82) is 0 Å². The molecule has 1 aromatic carbocycles. The molecule has 1 N–H and O–H groups in total. The van der Waals surface area contributed by atoms with Gasteiger partial charge in [-0.15, -0.1) is 0 Å². The molecule has 6 heteroatoms. The van der Waals surface area contributed by atoms with Gasteiger partial charge in [-0.25, -0.2) is 0 Å². The van der Waals surface area contributed by atoms with E-state index in [1.165, 1.54) is 11.5 Å². The largest absolute Gasteiger partial charge is 0.355 e. The summed E-state index contributed by atoms with van der Waals surface area (Å²) in [4.78, 5) is 18.1. The van der Waals surface area contributed by atoms with Crippen molar-refractivity contribution in [2.75, 3.05) is 24.5 Å². The van der Waals surface area contributed by atoms with Crippen molar-refractivity contribution in [3.05, 3.63) is 30.3 Å². The number of likely N-dealkylation sites (N-methyl/N-ethyl adjacent to an activating group) is 2. The van der Waals surface area contributed by atoms with Crippen molar-refractivity contribution < 1.29 is 4.79 Å². The van der Waals surface area contributed by atoms with E-state index in [0.717, 1.165) is 17.2 Å². The van der Waals surface area contributed by atoms with Crippen LogP contribution in [0.2, 0.25) is 0 Å². The smallest absolute Gasteiger partial charge is 0.239 e. The highest BCUT2D eigenvalue weighted by Gasteiger charge is 2.14. The minimum Gasteiger partial charge on any atom is -0.355 e. The van der Waals surface area contributed by atoms with Gasteiger partial charge < -0.3 is 10.2 Å². The van der Waals surface area contributed by atoms with Crippen LogP contribution < -0.4 is 10.2 Å². The zero-order valence-corrected chi connectivity index (χ0v) is 12.5. The van der Waals surface area contributed by atoms with Gasteiger partial charge >= 0.3 is 0 Å². The molecule has 2 rings (SSSR count). The predicted octanol–water partition coefficient (Wildman–Crippen LogP) is 2.17. The van der Waals surface area contributed by atoms with Gasteiger partial charge in [-0.05, 0) is 13.8 Å². The van der Waals surface area contributed by atoms with Crippen LogP contribution in [0, 0.1) is 0 Å². The highest BCUT2D eigenvalue weighted by atomic mass is 32.1. The SMILES string of the molecule is CCNC(=O)CN(CC)c1nc(-c2ccccc2)ns1. The second-order valence-electron chi connectivity index (χ2n) is 4.23. The van der Waals surface area contributed by atoms with E-state index in [0.29, 0.717) is 18.9 Å². The molecular formula is C14H18N4OS. The Bertz CT molecular complexity index is 555. The number of carbonyl (C=O) groups is 1. The van der Waals surface area contributed by atoms with Crippen LogP contribution in [0.25, 0.3) is 11.4 Å². The number of aromatic nitrogens is 2. The summed E-state index contributed by atoms with van der Waals surface area (Å²) in [5.74, 6) is 0.714. The number of hydrogen-bond donors (Lipinski definition) is 1. The molecule has 0 spiro atoms. The van der Waals surface area contributed by atoms with Gasteiger partial charge in [-0.2, -0.15) is 9.36 Å². The molecule has 0 bridgehead atoms. The van der Waals surface area contributed by atoms with Crippen molar-refractivity contribution in [2.24, 2.45) is 0 Å². The monoisotopic (exact) mass is 290 g/mol. The molecule has 0 saturated carbocycles. The van der Waals surface area contributed by atoms with Crippen LogP contribution in [0.1, 0.15) is 13.8 Å². The number of anilines is 1. The maximum atomic E-state index is 11.7. The van der Waals surface area contributed by atoms with E-state index in [-0.39, 0.29) is 5.91 Å². The molecule has 0 saturated heterocycles. The van der Waals surface area contributed by atoms with Crippen LogP contribution in [-0.4, -0.2) is 34.9 Å². The number of benzene rings is 1. The average Bonchev–Trinajstić information content (AvgIpc) is 2.95. The quantitative estimate of drug-likeness (QED) is 0.886. The lowest BCUT2D eigenvalue weighted by atomic mass is 10.2. The zero-order valence-electron chi connectivity index (χ0n) is 11.7. The topological polar surface area (TPSA) is 58.1 Å². The minimum absolute atomic E-state index is 0.00538. The minimum atomic E-state index is 0.00538. The molecule has 5 nitrogen and oxygen atoms in total. The Kier molecular flexibility index (Phi) is 5.06. The molecule has 1 aromatic heterocycles. The molecule has 2 aromatic rings. The first-order chi connectivity index (χ1) is 9.74. The molecule has 0 fully saturated rings. The first-order valence-electron chi connectivity index (χ1n) is 6.65. The molecule has 0 radical (unpaired) electrons. The summed E-state index contributed by atoms with van der Waals surface area (Å²) in [5, 5.41) is 3.57. The Labute approximate surface area is 122 Å². The van der Waals surface area contributed by atoms with E-state index >= 15 is 0 Å². The highest BCUT2D eigenvalue weighted by Crippen LogP contribution is 2.23. The van der Waals surface area contributed by atoms with Crippen LogP contribution in [0.4, 0.5) is 5.13 Å². The van der Waals surface area contributed by atoms with Crippen LogP contribution in [0.15, 0.2) is 30.3 Å². The number of hydrogen-bond acceptors (Lipinski definition) is 5. The summed E-state index contributed by atoms with van der Waals surface area (Å²) in [6.45, 7) is 5.59. The van der Waals surface area contributed by atoms with E-state index in [2.05, 4.69) is 14.7 Å². The molecule has 0 aliphatic carbocycles. The summed E-state index contributed by atoms with van der Waals surface area (Å²) in [6, 6.07) is 9.84. The van der Waals surface area contributed by atoms with Gasteiger partial charge in [0.1, 0.15) is 0 Å². The molecule has 0 aliphatic rings. The van der Waals surface area contributed by atoms with Crippen molar-refractivity contribution in [3.63, 3.8) is 0 Å². The Balaban J connectivity index is 2.12. The summed E-state index contributed by atoms with van der Waals surface area (Å²) in [5.41, 5.74) is 0.990. The molecule has 20 heavy (non-hydrogen) atoms. The first kappa shape index (κ1) is 14.5. The molecular weight excluding hydrogens is 272 g/mol. The maximum Gasteiger partial charge on any atom is 0.239 e. The lowest BCUT2D eigenvalue weighted by Gasteiger charge is -2.18. The van der Waals surface area contributed by atoms with Gasteiger partial charge in [0.15, 0.2) is 5.82 Å². The summed E-state index contributed by atoms with van der Waals surface area (Å²) in [7, 11) is 0. The van der Waals surface area contributed by atoms with Gasteiger partial charge in [-0.3, -0.25) is 4.79 Å². The Hall–Kier alpha value is -1.95. The number of amides is 1. The van der Waals surface area contributed by atoms with Gasteiger partial charge in [-0.1, -0.05) is 30.3 Å². The lowest BCUT2D eigenvalue weighted by Crippen LogP contribution is -2.37. The van der Waals surface area contributed by atoms with Crippen molar-refractivity contribution in [1.82, 2.24) is 14.7 Å². The molecule has 0 unspecified atom stereocenters. The molecule has 1 heterocycles. The predicted molar refractivity (Wildman–Crippen MR) is 81.9 cm³/mol. The standard InChI is InChI=1S/C14H18N4OS/c1-3-15-12(19)10-18(4-2)14-16-13(17-20-14)11-8-6-5-7-9-11/h5-9H,3-4,10H2,1-2H3,(H,15,19). The van der Waals surface area contributed by atoms with E-state index in [9.17, 15) is 4.79 Å². The molecule has 0 aliphatic heterocycles. The Morgan fingerprint density at radius 3 is 2.70 bits per heavy atom. The number of nitrogens with one attached hydrogen (secondary N) is 1. The van der Waals surface area contributed by atoms with Gasteiger partial charge in [0.05, 0.1) is 6.54 Å². The van der Waals surface area contributed by atoms with E-state index in [4.69, 9.17) is 0 Å². The van der Waals surface area contributed by atoms with Crippen molar-refractivity contribution in [3.8, 4) is 11.4 Å². The van der Waals surface area contributed by atoms with E-state index in [1.807, 2.05) is 49.1 Å². The lowest BCUT2D eigenvalue weighted by molar-refractivity contribution is -0.119. The third kappa shape index (κ3) is 3.54. The fourth-order valence-corrected chi connectivity index (χ4v) is 2.54. The van der Waals surface area contributed by atoms with Gasteiger partial charge in [0.25, 0.3) is 0 Å². The normalized spacial score (nSPS) is 10.3. The number of nitrogens with zero attached hydrogens (tertiary/aromatic N) is 3. The summed E-state index contributed by atoms with van der Waals surface area (Å²) >= 11 is 1.32. The van der Waals surface area contributed by atoms with Crippen LogP contribution >= 0.6 is 11.5 Å². The van der Waals surface area contributed by atoms with Gasteiger partial charge in [0, 0.05) is 30.2 Å². The third-order valence-corrected chi connectivity index (χ3v) is 3.58. The Morgan fingerprint density at radius 2 is 2.05 bits per heavy atom. The zero-order chi connectivity index (χ0) is 14.4. The number of carbonyl (C=O) groups excluding carboxylic acids is 1. The molecule has 1 amide bonds. The average molecular weight is 290 g/mol. The van der Waals surface area contributed by atoms with Crippen molar-refractivity contribution >= 4 is 22.6 Å². The summed E-state index contributed by atoms with van der Waals surface area (Å²) in [6.07, 6.45) is 0. The number of rotatable bonds is 6. The highest BCUT2D eigenvalue weighted by molar-refractivity contribution is 7.09.